The second-order valence-corrected chi connectivity index (χ2v) is 7.60. The van der Waals surface area contributed by atoms with Crippen LogP contribution in [0.4, 0.5) is 0 Å². The fraction of sp³-hybridized carbons (Fsp3) is 0.750. The van der Waals surface area contributed by atoms with Gasteiger partial charge in [0.2, 0.25) is 0 Å². The van der Waals surface area contributed by atoms with E-state index in [0.717, 1.165) is 17.9 Å². The van der Waals surface area contributed by atoms with Gasteiger partial charge in [-0.25, -0.2) is 0 Å². The van der Waals surface area contributed by atoms with Gasteiger partial charge in [0.05, 0.1) is 0 Å². The molecule has 0 aromatic carbocycles. The average Bonchev–Trinajstić information content (AvgIpc) is 3.14. The molecule has 2 nitrogen and oxygen atoms in total. The standard InChI is InChI=1S/C16H24N2S/c1-2-13(1)9-18-10-14-3-4-16(18)11-17(7-14)8-15-5-6-19-12-15/h5-6,12-14,16H,1-4,7-11H2/t14-,16+/m1/s1. The monoisotopic (exact) mass is 276 g/mol. The first-order valence-electron chi connectivity index (χ1n) is 7.84. The van der Waals surface area contributed by atoms with E-state index in [9.17, 15) is 0 Å². The predicted molar refractivity (Wildman–Crippen MR) is 80.4 cm³/mol. The highest BCUT2D eigenvalue weighted by atomic mass is 32.1. The molecule has 1 aromatic rings. The molecular formula is C16H24N2S. The third kappa shape index (κ3) is 2.88. The van der Waals surface area contributed by atoms with E-state index in [2.05, 4.69) is 26.6 Å². The summed E-state index contributed by atoms with van der Waals surface area (Å²) in [7, 11) is 0. The van der Waals surface area contributed by atoms with E-state index in [1.807, 2.05) is 11.3 Å². The molecule has 104 valence electrons. The minimum absolute atomic E-state index is 0.845. The van der Waals surface area contributed by atoms with Crippen molar-refractivity contribution in [2.45, 2.75) is 38.3 Å². The van der Waals surface area contributed by atoms with Crippen molar-refractivity contribution in [1.82, 2.24) is 9.80 Å². The summed E-state index contributed by atoms with van der Waals surface area (Å²) in [4.78, 5) is 5.55. The lowest BCUT2D eigenvalue weighted by Gasteiger charge is -2.36. The third-order valence-corrected chi connectivity index (χ3v) is 5.81. The Morgan fingerprint density at radius 1 is 1.11 bits per heavy atom. The minimum atomic E-state index is 0.845. The zero-order chi connectivity index (χ0) is 12.7. The smallest absolute Gasteiger partial charge is 0.0242 e. The van der Waals surface area contributed by atoms with Gasteiger partial charge in [0, 0.05) is 38.8 Å². The van der Waals surface area contributed by atoms with E-state index >= 15 is 0 Å². The first-order chi connectivity index (χ1) is 9.37. The Morgan fingerprint density at radius 2 is 2.05 bits per heavy atom. The van der Waals surface area contributed by atoms with Crippen LogP contribution in [-0.4, -0.2) is 42.0 Å². The first-order valence-corrected chi connectivity index (χ1v) is 8.78. The molecule has 1 aromatic heterocycles. The van der Waals surface area contributed by atoms with Crippen LogP contribution in [0.5, 0.6) is 0 Å². The Morgan fingerprint density at radius 3 is 2.84 bits per heavy atom. The van der Waals surface area contributed by atoms with Crippen LogP contribution in [0.3, 0.4) is 0 Å². The van der Waals surface area contributed by atoms with Gasteiger partial charge in [-0.3, -0.25) is 9.80 Å². The Balaban J connectivity index is 1.42. The molecule has 0 unspecified atom stereocenters. The Bertz CT molecular complexity index is 412. The number of nitrogens with zero attached hydrogens (tertiary/aromatic N) is 2. The Kier molecular flexibility index (Phi) is 3.38. The molecule has 2 bridgehead atoms. The molecule has 5 rings (SSSR count). The predicted octanol–water partition coefficient (Wildman–Crippen LogP) is 3.05. The molecule has 0 N–H and O–H groups in total. The molecule has 1 aliphatic carbocycles. The van der Waals surface area contributed by atoms with E-state index in [1.165, 1.54) is 64.0 Å². The van der Waals surface area contributed by atoms with Crippen LogP contribution >= 0.6 is 11.3 Å². The van der Waals surface area contributed by atoms with Crippen molar-refractivity contribution in [3.8, 4) is 0 Å². The van der Waals surface area contributed by atoms with Gasteiger partial charge in [0.15, 0.2) is 0 Å². The molecular weight excluding hydrogens is 252 g/mol. The van der Waals surface area contributed by atoms with Gasteiger partial charge in [-0.1, -0.05) is 0 Å². The number of thiophene rings is 1. The maximum Gasteiger partial charge on any atom is 0.0242 e. The van der Waals surface area contributed by atoms with Crippen LogP contribution in [0.15, 0.2) is 16.8 Å². The lowest BCUT2D eigenvalue weighted by atomic mass is 9.95. The number of piperidine rings is 1. The van der Waals surface area contributed by atoms with Crippen molar-refractivity contribution >= 4 is 11.3 Å². The van der Waals surface area contributed by atoms with E-state index in [0.29, 0.717) is 0 Å². The molecule has 19 heavy (non-hydrogen) atoms. The lowest BCUT2D eigenvalue weighted by Crippen LogP contribution is -2.44. The molecule has 3 saturated heterocycles. The molecule has 4 heterocycles. The molecule has 0 amide bonds. The summed E-state index contributed by atoms with van der Waals surface area (Å²) in [5.74, 6) is 1.97. The van der Waals surface area contributed by atoms with Crippen molar-refractivity contribution in [2.75, 3.05) is 26.2 Å². The molecule has 3 aliphatic heterocycles. The van der Waals surface area contributed by atoms with Crippen molar-refractivity contribution in [1.29, 1.82) is 0 Å². The van der Waals surface area contributed by atoms with Crippen LogP contribution < -0.4 is 0 Å². The van der Waals surface area contributed by atoms with E-state index < -0.39 is 0 Å². The number of hydrogen-bond donors (Lipinski definition) is 0. The van der Waals surface area contributed by atoms with Crippen LogP contribution in [0.1, 0.15) is 31.2 Å². The number of hydrogen-bond acceptors (Lipinski definition) is 3. The van der Waals surface area contributed by atoms with Crippen LogP contribution in [0, 0.1) is 11.8 Å². The van der Waals surface area contributed by atoms with Gasteiger partial charge in [-0.05, 0) is 59.9 Å². The summed E-state index contributed by atoms with van der Waals surface area (Å²) in [5, 5.41) is 4.52. The van der Waals surface area contributed by atoms with Crippen LogP contribution in [0.25, 0.3) is 0 Å². The van der Waals surface area contributed by atoms with Crippen molar-refractivity contribution < 1.29 is 0 Å². The maximum atomic E-state index is 2.83. The van der Waals surface area contributed by atoms with Crippen molar-refractivity contribution in [2.24, 2.45) is 11.8 Å². The molecule has 4 fully saturated rings. The normalized spacial score (nSPS) is 32.6. The summed E-state index contributed by atoms with van der Waals surface area (Å²) in [6, 6.07) is 3.14. The summed E-state index contributed by atoms with van der Waals surface area (Å²) in [6.45, 7) is 6.58. The van der Waals surface area contributed by atoms with Gasteiger partial charge in [-0.15, -0.1) is 0 Å². The number of rotatable bonds is 4. The average molecular weight is 276 g/mol. The van der Waals surface area contributed by atoms with Gasteiger partial charge >= 0.3 is 0 Å². The quantitative estimate of drug-likeness (QED) is 0.834. The highest BCUT2D eigenvalue weighted by molar-refractivity contribution is 7.07. The van der Waals surface area contributed by atoms with Gasteiger partial charge in [0.1, 0.15) is 0 Å². The van der Waals surface area contributed by atoms with E-state index in [1.54, 1.807) is 0 Å². The Hall–Kier alpha value is -0.380. The molecule has 4 aliphatic rings. The van der Waals surface area contributed by atoms with Gasteiger partial charge in [-0.2, -0.15) is 11.3 Å². The summed E-state index contributed by atoms with van der Waals surface area (Å²) < 4.78 is 0. The van der Waals surface area contributed by atoms with E-state index in [4.69, 9.17) is 0 Å². The fourth-order valence-corrected chi connectivity index (χ4v) is 4.56. The molecule has 2 atom stereocenters. The summed E-state index contributed by atoms with van der Waals surface area (Å²) >= 11 is 1.83. The Labute approximate surface area is 120 Å². The zero-order valence-corrected chi connectivity index (χ0v) is 12.4. The SMILES string of the molecule is c1cc(CN2C[C@H]3CC[C@@H](C2)N(CC2CC2)C3)cs1. The minimum Gasteiger partial charge on any atom is -0.299 e. The highest BCUT2D eigenvalue weighted by Crippen LogP contribution is 2.35. The highest BCUT2D eigenvalue weighted by Gasteiger charge is 2.37. The van der Waals surface area contributed by atoms with Gasteiger partial charge < -0.3 is 0 Å². The molecule has 3 heteroatoms. The summed E-state index contributed by atoms with van der Waals surface area (Å²) in [6.07, 6.45) is 5.89. The molecule has 1 saturated carbocycles. The first kappa shape index (κ1) is 12.4. The maximum absolute atomic E-state index is 2.83. The van der Waals surface area contributed by atoms with Crippen molar-refractivity contribution in [3.05, 3.63) is 22.4 Å². The molecule has 0 radical (unpaired) electrons. The van der Waals surface area contributed by atoms with Crippen LogP contribution in [0.2, 0.25) is 0 Å². The fourth-order valence-electron chi connectivity index (χ4n) is 3.90. The topological polar surface area (TPSA) is 6.48 Å². The number of fused-ring (bicyclic) bond motifs is 4. The third-order valence-electron chi connectivity index (χ3n) is 5.08. The van der Waals surface area contributed by atoms with Crippen LogP contribution in [-0.2, 0) is 6.54 Å². The second-order valence-electron chi connectivity index (χ2n) is 6.82. The zero-order valence-electron chi connectivity index (χ0n) is 11.6. The largest absolute Gasteiger partial charge is 0.299 e. The van der Waals surface area contributed by atoms with Crippen molar-refractivity contribution in [3.63, 3.8) is 0 Å². The summed E-state index contributed by atoms with van der Waals surface area (Å²) in [5.41, 5.74) is 1.51. The van der Waals surface area contributed by atoms with Gasteiger partial charge in [0.25, 0.3) is 0 Å². The molecule has 0 spiro atoms. The lowest BCUT2D eigenvalue weighted by molar-refractivity contribution is 0.125. The second kappa shape index (κ2) is 5.19. The van der Waals surface area contributed by atoms with E-state index in [-0.39, 0.29) is 0 Å².